The Kier molecular flexibility index (Phi) is 3.94. The van der Waals surface area contributed by atoms with Crippen LogP contribution in [0.4, 0.5) is 5.69 Å². The molecular formula is C11H9ClN4O4. The molecule has 0 unspecified atom stereocenters. The van der Waals surface area contributed by atoms with Gasteiger partial charge >= 0.3 is 0 Å². The highest BCUT2D eigenvalue weighted by molar-refractivity contribution is 6.33. The molecule has 1 aromatic heterocycles. The fraction of sp³-hybridized carbons (Fsp3) is 0.182. The zero-order valence-electron chi connectivity index (χ0n) is 10.2. The van der Waals surface area contributed by atoms with E-state index in [0.717, 1.165) is 6.39 Å². The Morgan fingerprint density at radius 2 is 2.30 bits per heavy atom. The van der Waals surface area contributed by atoms with Crippen molar-refractivity contribution in [3.8, 4) is 0 Å². The highest BCUT2D eigenvalue weighted by atomic mass is 35.5. The zero-order valence-corrected chi connectivity index (χ0v) is 11.0. The number of hydrogen-bond acceptors (Lipinski definition) is 6. The van der Waals surface area contributed by atoms with Gasteiger partial charge in [0.05, 0.1) is 11.0 Å². The smallest absolute Gasteiger partial charge is 0.287 e. The van der Waals surface area contributed by atoms with Crippen molar-refractivity contribution < 1.29 is 14.2 Å². The second kappa shape index (κ2) is 5.66. The van der Waals surface area contributed by atoms with E-state index in [2.05, 4.69) is 20.0 Å². The van der Waals surface area contributed by atoms with Gasteiger partial charge in [-0.3, -0.25) is 14.9 Å². The molecule has 0 saturated heterocycles. The van der Waals surface area contributed by atoms with Gasteiger partial charge in [0, 0.05) is 11.6 Å². The molecule has 1 N–H and O–H groups in total. The summed E-state index contributed by atoms with van der Waals surface area (Å²) in [5.41, 5.74) is -0.0506. The van der Waals surface area contributed by atoms with E-state index in [1.54, 1.807) is 6.92 Å². The number of nitro benzene ring substituents is 1. The molecule has 0 spiro atoms. The molecule has 0 fully saturated rings. The van der Waals surface area contributed by atoms with Crippen molar-refractivity contribution in [3.05, 3.63) is 51.1 Å². The van der Waals surface area contributed by atoms with Gasteiger partial charge in [-0.25, -0.2) is 0 Å². The van der Waals surface area contributed by atoms with Crippen molar-refractivity contribution in [2.45, 2.75) is 13.0 Å². The highest BCUT2D eigenvalue weighted by Gasteiger charge is 2.18. The summed E-state index contributed by atoms with van der Waals surface area (Å²) in [6.45, 7) is 1.68. The van der Waals surface area contributed by atoms with Crippen LogP contribution in [0.2, 0.25) is 5.02 Å². The molecule has 0 aliphatic rings. The molecule has 0 aliphatic heterocycles. The average molecular weight is 297 g/mol. The number of aromatic nitrogens is 2. The number of hydrogen-bond donors (Lipinski definition) is 1. The Labute approximate surface area is 117 Å². The summed E-state index contributed by atoms with van der Waals surface area (Å²) in [5, 5.41) is 16.8. The lowest BCUT2D eigenvalue weighted by Crippen LogP contribution is -2.27. The predicted octanol–water partition coefficient (Wildman–Crippen LogP) is 2.12. The van der Waals surface area contributed by atoms with Gasteiger partial charge < -0.3 is 9.84 Å². The zero-order chi connectivity index (χ0) is 14.7. The topological polar surface area (TPSA) is 111 Å². The van der Waals surface area contributed by atoms with E-state index in [4.69, 9.17) is 11.6 Å². The van der Waals surface area contributed by atoms with Gasteiger partial charge in [0.25, 0.3) is 11.6 Å². The first kappa shape index (κ1) is 13.9. The van der Waals surface area contributed by atoms with E-state index in [1.165, 1.54) is 18.2 Å². The quantitative estimate of drug-likeness (QED) is 0.683. The van der Waals surface area contributed by atoms with Crippen LogP contribution in [0.15, 0.2) is 29.1 Å². The first-order valence-electron chi connectivity index (χ1n) is 5.50. The van der Waals surface area contributed by atoms with E-state index in [0.29, 0.717) is 5.82 Å². The molecule has 20 heavy (non-hydrogen) atoms. The molecule has 1 aromatic carbocycles. The third-order valence-electron chi connectivity index (χ3n) is 2.52. The molecule has 2 aromatic rings. The summed E-state index contributed by atoms with van der Waals surface area (Å²) in [6.07, 6.45) is 1.15. The minimum atomic E-state index is -0.619. The number of carbonyl (C=O) groups is 1. The highest BCUT2D eigenvalue weighted by Crippen LogP contribution is 2.25. The Bertz CT molecular complexity index is 644. The minimum absolute atomic E-state index is 0.102. The summed E-state index contributed by atoms with van der Waals surface area (Å²) in [6, 6.07) is 3.27. The summed E-state index contributed by atoms with van der Waals surface area (Å²) in [4.78, 5) is 25.8. The van der Waals surface area contributed by atoms with Crippen LogP contribution >= 0.6 is 11.6 Å². The van der Waals surface area contributed by atoms with Crippen LogP contribution in [0, 0.1) is 10.1 Å². The molecular weight excluding hydrogens is 288 g/mol. The molecule has 1 amide bonds. The van der Waals surface area contributed by atoms with Gasteiger partial charge in [-0.15, -0.1) is 0 Å². The molecule has 2 rings (SSSR count). The number of benzene rings is 1. The third-order valence-corrected chi connectivity index (χ3v) is 2.82. The van der Waals surface area contributed by atoms with E-state index < -0.39 is 16.9 Å². The first-order valence-corrected chi connectivity index (χ1v) is 5.88. The van der Waals surface area contributed by atoms with Crippen molar-refractivity contribution in [2.24, 2.45) is 0 Å². The Balaban J connectivity index is 2.14. The van der Waals surface area contributed by atoms with Gasteiger partial charge in [0.2, 0.25) is 6.39 Å². The van der Waals surface area contributed by atoms with Crippen molar-refractivity contribution >= 4 is 23.2 Å². The Hall–Kier alpha value is -2.48. The lowest BCUT2D eigenvalue weighted by molar-refractivity contribution is -0.384. The lowest BCUT2D eigenvalue weighted by Gasteiger charge is -2.10. The van der Waals surface area contributed by atoms with E-state index in [9.17, 15) is 14.9 Å². The van der Waals surface area contributed by atoms with Crippen molar-refractivity contribution in [3.63, 3.8) is 0 Å². The van der Waals surface area contributed by atoms with Crippen LogP contribution in [0.25, 0.3) is 0 Å². The van der Waals surface area contributed by atoms with Crippen molar-refractivity contribution in [2.75, 3.05) is 0 Å². The molecule has 0 saturated carbocycles. The standard InChI is InChI=1S/C11H9ClN4O4/c1-6(10-13-5-20-15-10)14-11(17)7-2-3-9(16(18)19)8(12)4-7/h2-6H,1H3,(H,14,17)/t6-/m1/s1. The summed E-state index contributed by atoms with van der Waals surface area (Å²) in [7, 11) is 0. The molecule has 1 atom stereocenters. The van der Waals surface area contributed by atoms with Crippen molar-refractivity contribution in [1.82, 2.24) is 15.5 Å². The maximum Gasteiger partial charge on any atom is 0.287 e. The SMILES string of the molecule is C[C@@H](NC(=O)c1ccc([N+](=O)[O-])c(Cl)c1)c1ncon1. The fourth-order valence-corrected chi connectivity index (χ4v) is 1.76. The second-order valence-corrected chi connectivity index (χ2v) is 4.32. The molecule has 8 nitrogen and oxygen atoms in total. The predicted molar refractivity (Wildman–Crippen MR) is 68.3 cm³/mol. The number of amides is 1. The molecule has 0 aliphatic carbocycles. The minimum Gasteiger partial charge on any atom is -0.343 e. The van der Waals surface area contributed by atoms with E-state index in [1.807, 2.05) is 0 Å². The fourth-order valence-electron chi connectivity index (χ4n) is 1.51. The van der Waals surface area contributed by atoms with Crippen LogP contribution in [0.1, 0.15) is 29.1 Å². The largest absolute Gasteiger partial charge is 0.343 e. The van der Waals surface area contributed by atoms with Crippen LogP contribution < -0.4 is 5.32 Å². The van der Waals surface area contributed by atoms with E-state index in [-0.39, 0.29) is 16.3 Å². The summed E-state index contributed by atoms with van der Waals surface area (Å²) in [5.74, 6) is -0.120. The van der Waals surface area contributed by atoms with Gasteiger partial charge in [0.1, 0.15) is 5.02 Å². The van der Waals surface area contributed by atoms with Crippen LogP contribution in [-0.2, 0) is 0 Å². The Morgan fingerprint density at radius 1 is 1.55 bits per heavy atom. The third kappa shape index (κ3) is 2.91. The van der Waals surface area contributed by atoms with Crippen LogP contribution in [-0.4, -0.2) is 21.0 Å². The Morgan fingerprint density at radius 3 is 2.85 bits per heavy atom. The average Bonchev–Trinajstić information content (AvgIpc) is 2.91. The van der Waals surface area contributed by atoms with Gasteiger partial charge in [-0.05, 0) is 19.1 Å². The molecule has 0 bridgehead atoms. The maximum absolute atomic E-state index is 12.0. The van der Waals surface area contributed by atoms with Crippen LogP contribution in [0.3, 0.4) is 0 Å². The van der Waals surface area contributed by atoms with Crippen LogP contribution in [0.5, 0.6) is 0 Å². The molecule has 1 heterocycles. The number of rotatable bonds is 4. The van der Waals surface area contributed by atoms with Crippen molar-refractivity contribution in [1.29, 1.82) is 0 Å². The second-order valence-electron chi connectivity index (χ2n) is 3.91. The number of nitro groups is 1. The number of nitrogens with zero attached hydrogens (tertiary/aromatic N) is 3. The van der Waals surface area contributed by atoms with E-state index >= 15 is 0 Å². The number of nitrogens with one attached hydrogen (secondary N) is 1. The molecule has 0 radical (unpaired) electrons. The first-order chi connectivity index (χ1) is 9.49. The monoisotopic (exact) mass is 296 g/mol. The lowest BCUT2D eigenvalue weighted by atomic mass is 10.2. The van der Waals surface area contributed by atoms with Gasteiger partial charge in [-0.2, -0.15) is 4.98 Å². The molecule has 9 heteroatoms. The molecule has 104 valence electrons. The number of halogens is 1. The van der Waals surface area contributed by atoms with Gasteiger partial charge in [0.15, 0.2) is 5.82 Å². The summed E-state index contributed by atoms with van der Waals surface area (Å²) >= 11 is 5.74. The summed E-state index contributed by atoms with van der Waals surface area (Å²) < 4.78 is 4.58. The van der Waals surface area contributed by atoms with Gasteiger partial charge in [-0.1, -0.05) is 16.8 Å². The number of carbonyl (C=O) groups excluding carboxylic acids is 1. The normalized spacial score (nSPS) is 11.9. The maximum atomic E-state index is 12.0.